The van der Waals surface area contributed by atoms with E-state index < -0.39 is 41.3 Å². The molecule has 0 saturated carbocycles. The van der Waals surface area contributed by atoms with Crippen LogP contribution < -0.4 is 10.1 Å². The third kappa shape index (κ3) is 2.47. The zero-order valence-electron chi connectivity index (χ0n) is 12.4. The van der Waals surface area contributed by atoms with Crippen LogP contribution in [-0.4, -0.2) is 42.7 Å². The molecule has 1 saturated heterocycles. The highest BCUT2D eigenvalue weighted by atomic mass is 19.4. The van der Waals surface area contributed by atoms with Crippen LogP contribution in [0.15, 0.2) is 24.3 Å². The van der Waals surface area contributed by atoms with E-state index >= 15 is 0 Å². The summed E-state index contributed by atoms with van der Waals surface area (Å²) in [6.07, 6.45) is -6.28. The minimum atomic E-state index is -6.72. The normalized spacial score (nSPS) is 26.4. The van der Waals surface area contributed by atoms with Crippen LogP contribution in [0.1, 0.15) is 0 Å². The molecular weight excluding hydrogens is 389 g/mol. The molecule has 1 aliphatic heterocycles. The molecule has 0 aliphatic carbocycles. The number of anilines is 1. The molecule has 1 aliphatic rings. The molecule has 26 heavy (non-hydrogen) atoms. The Balaban J connectivity index is 2.37. The second-order valence-corrected chi connectivity index (χ2v) is 5.12. The quantitative estimate of drug-likeness (QED) is 0.786. The third-order valence-electron chi connectivity index (χ3n) is 3.47. The Bertz CT molecular complexity index is 707. The molecule has 1 heterocycles. The fourth-order valence-corrected chi connectivity index (χ4v) is 1.98. The van der Waals surface area contributed by atoms with Gasteiger partial charge in [0.25, 0.3) is 0 Å². The molecule has 1 aromatic carbocycles. The first kappa shape index (κ1) is 20.1. The number of amides is 1. The van der Waals surface area contributed by atoms with Crippen LogP contribution in [0.2, 0.25) is 0 Å². The van der Waals surface area contributed by atoms with Crippen molar-refractivity contribution in [2.45, 2.75) is 29.7 Å². The Morgan fingerprint density at radius 1 is 1.00 bits per heavy atom. The molecule has 146 valence electrons. The molecule has 0 radical (unpaired) electrons. The lowest BCUT2D eigenvalue weighted by atomic mass is 9.99. The number of carbonyl (C=O) groups excluding carboxylic acids is 1. The molecule has 0 bridgehead atoms. The topological polar surface area (TPSA) is 47.6 Å². The summed E-state index contributed by atoms with van der Waals surface area (Å²) in [5, 5.41) is 1.24. The minimum absolute atomic E-state index is 0.182. The van der Waals surface area contributed by atoms with Gasteiger partial charge in [-0.15, -0.1) is 0 Å². The van der Waals surface area contributed by atoms with Gasteiger partial charge < -0.3 is 10.1 Å². The van der Waals surface area contributed by atoms with Gasteiger partial charge in [0, 0.05) is 5.69 Å². The Hall–Kier alpha value is -2.18. The fourth-order valence-electron chi connectivity index (χ4n) is 1.98. The van der Waals surface area contributed by atoms with Gasteiger partial charge in [0.15, 0.2) is 0 Å². The molecule has 4 nitrogen and oxygen atoms in total. The van der Waals surface area contributed by atoms with Crippen molar-refractivity contribution in [3.63, 3.8) is 0 Å². The van der Waals surface area contributed by atoms with Crippen molar-refractivity contribution < 1.29 is 53.8 Å². The number of ether oxygens (including phenoxy) is 2. The second-order valence-electron chi connectivity index (χ2n) is 5.12. The van der Waals surface area contributed by atoms with Crippen LogP contribution in [0.4, 0.5) is 45.2 Å². The van der Waals surface area contributed by atoms with Gasteiger partial charge in [0.2, 0.25) is 0 Å². The molecule has 1 atom stereocenters. The molecule has 2 rings (SSSR count). The van der Waals surface area contributed by atoms with Crippen molar-refractivity contribution in [3.05, 3.63) is 24.3 Å². The summed E-state index contributed by atoms with van der Waals surface area (Å²) < 4.78 is 127. The van der Waals surface area contributed by atoms with E-state index in [0.717, 1.165) is 24.3 Å². The maximum atomic E-state index is 14.0. The predicted molar refractivity (Wildman–Crippen MR) is 66.3 cm³/mol. The number of alkyl halides is 9. The second kappa shape index (κ2) is 5.66. The highest BCUT2D eigenvalue weighted by Gasteiger charge is 2.96. The van der Waals surface area contributed by atoms with Crippen LogP contribution in [0.25, 0.3) is 0 Å². The monoisotopic (exact) mass is 397 g/mol. The molecule has 1 fully saturated rings. The number of rotatable bonds is 4. The van der Waals surface area contributed by atoms with Crippen LogP contribution in [-0.2, 0) is 9.53 Å². The van der Waals surface area contributed by atoms with E-state index in [1.807, 2.05) is 0 Å². The summed E-state index contributed by atoms with van der Waals surface area (Å²) in [7, 11) is 1.23. The van der Waals surface area contributed by atoms with E-state index in [1.165, 1.54) is 12.4 Å². The summed E-state index contributed by atoms with van der Waals surface area (Å²) in [6.45, 7) is 0. The predicted octanol–water partition coefficient (Wildman–Crippen LogP) is 3.83. The van der Waals surface area contributed by atoms with E-state index in [4.69, 9.17) is 4.74 Å². The van der Waals surface area contributed by atoms with Crippen LogP contribution >= 0.6 is 0 Å². The first-order chi connectivity index (χ1) is 11.6. The zero-order chi connectivity index (χ0) is 20.2. The molecule has 0 spiro atoms. The van der Waals surface area contributed by atoms with Crippen molar-refractivity contribution in [1.29, 1.82) is 0 Å². The minimum Gasteiger partial charge on any atom is -0.497 e. The van der Waals surface area contributed by atoms with Gasteiger partial charge in [0.05, 0.1) is 7.11 Å². The average molecular weight is 397 g/mol. The smallest absolute Gasteiger partial charge is 0.428 e. The van der Waals surface area contributed by atoms with E-state index in [0.29, 0.717) is 0 Å². The maximum Gasteiger partial charge on any atom is 0.428 e. The van der Waals surface area contributed by atoms with E-state index in [9.17, 15) is 44.3 Å². The zero-order valence-corrected chi connectivity index (χ0v) is 12.4. The molecule has 13 heteroatoms. The van der Waals surface area contributed by atoms with Crippen molar-refractivity contribution in [3.8, 4) is 5.75 Å². The number of hydrogen-bond acceptors (Lipinski definition) is 3. The van der Waals surface area contributed by atoms with Crippen LogP contribution in [0.5, 0.6) is 5.75 Å². The lowest BCUT2D eigenvalue weighted by Crippen LogP contribution is -2.63. The summed E-state index contributed by atoms with van der Waals surface area (Å²) in [5.74, 6) is -28.5. The van der Waals surface area contributed by atoms with Gasteiger partial charge >= 0.3 is 35.6 Å². The highest BCUT2D eigenvalue weighted by molar-refractivity contribution is 5.97. The SMILES string of the molecule is COc1ccc(NC(=O)C(F)(F)C2(F)OC(F)(F)C(F)(F)C2(F)F)cc1. The Morgan fingerprint density at radius 3 is 1.88 bits per heavy atom. The molecule has 1 amide bonds. The van der Waals surface area contributed by atoms with E-state index in [-0.39, 0.29) is 5.75 Å². The Morgan fingerprint density at radius 2 is 1.50 bits per heavy atom. The first-order valence-electron chi connectivity index (χ1n) is 6.50. The van der Waals surface area contributed by atoms with E-state index in [2.05, 4.69) is 4.74 Å². The number of hydrogen-bond donors (Lipinski definition) is 1. The lowest BCUT2D eigenvalue weighted by Gasteiger charge is -2.31. The molecule has 1 unspecified atom stereocenters. The number of halogens is 9. The van der Waals surface area contributed by atoms with Gasteiger partial charge in [-0.3, -0.25) is 9.53 Å². The van der Waals surface area contributed by atoms with E-state index in [1.54, 1.807) is 0 Å². The van der Waals surface area contributed by atoms with Gasteiger partial charge in [-0.1, -0.05) is 0 Å². The summed E-state index contributed by atoms with van der Waals surface area (Å²) in [5.41, 5.74) is -0.515. The van der Waals surface area contributed by atoms with Crippen molar-refractivity contribution in [2.75, 3.05) is 12.4 Å². The van der Waals surface area contributed by atoms with Gasteiger partial charge in [-0.05, 0) is 24.3 Å². The van der Waals surface area contributed by atoms with Gasteiger partial charge in [-0.25, -0.2) is 0 Å². The van der Waals surface area contributed by atoms with Crippen LogP contribution in [0.3, 0.4) is 0 Å². The van der Waals surface area contributed by atoms with Crippen molar-refractivity contribution in [2.24, 2.45) is 0 Å². The number of methoxy groups -OCH3 is 1. The lowest BCUT2D eigenvalue weighted by molar-refractivity contribution is -0.366. The standard InChI is InChI=1S/C13H8F9NO3/c1-25-7-4-2-6(3-5-7)23-8(24)9(14,15)12(20)10(16,17)11(18,19)13(21,22)26-12/h2-5H,1H3,(H,23,24). The molecule has 1 aromatic rings. The van der Waals surface area contributed by atoms with Crippen LogP contribution in [0, 0.1) is 0 Å². The fraction of sp³-hybridized carbons (Fsp3) is 0.462. The number of benzene rings is 1. The Kier molecular flexibility index (Phi) is 4.38. The van der Waals surface area contributed by atoms with Gasteiger partial charge in [-0.2, -0.15) is 39.5 Å². The van der Waals surface area contributed by atoms with Gasteiger partial charge in [0.1, 0.15) is 5.75 Å². The maximum absolute atomic E-state index is 14.0. The summed E-state index contributed by atoms with van der Waals surface area (Å²) in [4.78, 5) is 11.5. The largest absolute Gasteiger partial charge is 0.497 e. The highest BCUT2D eigenvalue weighted by Crippen LogP contribution is 2.64. The average Bonchev–Trinajstić information content (AvgIpc) is 2.63. The number of carbonyl (C=O) groups is 1. The summed E-state index contributed by atoms with van der Waals surface area (Å²) in [6, 6.07) is 4.05. The van der Waals surface area contributed by atoms with Crippen molar-refractivity contribution >= 4 is 11.6 Å². The Labute approximate surface area is 138 Å². The number of nitrogens with one attached hydrogen (secondary N) is 1. The third-order valence-corrected chi connectivity index (χ3v) is 3.47. The van der Waals surface area contributed by atoms with Crippen molar-refractivity contribution in [1.82, 2.24) is 0 Å². The first-order valence-corrected chi connectivity index (χ1v) is 6.50. The molecular formula is C13H8F9NO3. The molecule has 0 aromatic heterocycles. The summed E-state index contributed by atoms with van der Waals surface area (Å²) >= 11 is 0. The molecule has 1 N–H and O–H groups in total.